The Hall–Kier alpha value is -0.950. The van der Waals surface area contributed by atoms with E-state index >= 15 is 0 Å². The van der Waals surface area contributed by atoms with Gasteiger partial charge in [-0.1, -0.05) is 5.16 Å². The largest absolute Gasteiger partial charge is 0.339 e. The molecular formula is C10H17N3O3S. The lowest BCUT2D eigenvalue weighted by Crippen LogP contribution is -2.30. The third-order valence-electron chi connectivity index (χ3n) is 2.76. The molecule has 0 aromatic carbocycles. The van der Waals surface area contributed by atoms with Gasteiger partial charge in [0.15, 0.2) is 15.7 Å². The van der Waals surface area contributed by atoms with Crippen LogP contribution >= 0.6 is 0 Å². The van der Waals surface area contributed by atoms with Crippen molar-refractivity contribution in [3.05, 3.63) is 11.7 Å². The van der Waals surface area contributed by atoms with E-state index in [2.05, 4.69) is 15.5 Å². The molecule has 6 nitrogen and oxygen atoms in total. The summed E-state index contributed by atoms with van der Waals surface area (Å²) in [5, 5.41) is 7.00. The molecule has 2 rings (SSSR count). The molecule has 17 heavy (non-hydrogen) atoms. The van der Waals surface area contributed by atoms with Crippen molar-refractivity contribution in [3.63, 3.8) is 0 Å². The summed E-state index contributed by atoms with van der Waals surface area (Å²) in [6, 6.07) is 0. The van der Waals surface area contributed by atoms with Gasteiger partial charge in [0, 0.05) is 12.7 Å². The fraction of sp³-hybridized carbons (Fsp3) is 0.800. The fourth-order valence-corrected chi connectivity index (χ4v) is 2.60. The van der Waals surface area contributed by atoms with Crippen molar-refractivity contribution in [3.8, 4) is 0 Å². The summed E-state index contributed by atoms with van der Waals surface area (Å²) in [5.41, 5.74) is 0. The van der Waals surface area contributed by atoms with Crippen molar-refractivity contribution in [1.29, 1.82) is 0 Å². The molecule has 96 valence electrons. The smallest absolute Gasteiger partial charge is 0.227 e. The normalized spacial score (nSPS) is 21.6. The third kappa shape index (κ3) is 4.08. The van der Waals surface area contributed by atoms with Crippen LogP contribution in [0.2, 0.25) is 0 Å². The minimum absolute atomic E-state index is 0.153. The average molecular weight is 259 g/mol. The molecule has 0 amide bonds. The Morgan fingerprint density at radius 3 is 3.00 bits per heavy atom. The molecule has 1 N–H and O–H groups in total. The average Bonchev–Trinajstić information content (AvgIpc) is 2.64. The van der Waals surface area contributed by atoms with Gasteiger partial charge in [0.25, 0.3) is 0 Å². The van der Waals surface area contributed by atoms with Gasteiger partial charge < -0.3 is 9.84 Å². The Morgan fingerprint density at radius 2 is 2.35 bits per heavy atom. The molecule has 1 saturated heterocycles. The molecule has 1 atom stereocenters. The Morgan fingerprint density at radius 1 is 1.53 bits per heavy atom. The number of sulfone groups is 1. The summed E-state index contributed by atoms with van der Waals surface area (Å²) in [7, 11) is -3.09. The van der Waals surface area contributed by atoms with Gasteiger partial charge >= 0.3 is 0 Å². The van der Waals surface area contributed by atoms with Gasteiger partial charge in [0.1, 0.15) is 5.75 Å². The zero-order valence-electron chi connectivity index (χ0n) is 9.85. The monoisotopic (exact) mass is 259 g/mol. The van der Waals surface area contributed by atoms with Crippen molar-refractivity contribution >= 4 is 9.84 Å². The van der Waals surface area contributed by atoms with Gasteiger partial charge in [-0.05, 0) is 31.8 Å². The molecular weight excluding hydrogens is 242 g/mol. The van der Waals surface area contributed by atoms with Crippen molar-refractivity contribution in [2.24, 2.45) is 5.92 Å². The van der Waals surface area contributed by atoms with Gasteiger partial charge in [-0.25, -0.2) is 8.42 Å². The number of hydrogen-bond acceptors (Lipinski definition) is 6. The topological polar surface area (TPSA) is 85.1 Å². The molecule has 0 spiro atoms. The van der Waals surface area contributed by atoms with Crippen molar-refractivity contribution < 1.29 is 12.9 Å². The molecule has 0 radical (unpaired) electrons. The third-order valence-corrected chi connectivity index (χ3v) is 3.55. The zero-order valence-corrected chi connectivity index (χ0v) is 10.7. The standard InChI is InChI=1S/C10H17N3O3S/c1-17(14,15)7-9-12-10(16-13-9)5-8-3-2-4-11-6-8/h8,11H,2-7H2,1H3. The van der Waals surface area contributed by atoms with Crippen LogP contribution in [0.5, 0.6) is 0 Å². The Labute approximate surface area is 101 Å². The first-order chi connectivity index (χ1) is 8.03. The predicted octanol–water partition coefficient (Wildman–Crippen LogP) is 0.156. The molecule has 1 aliphatic rings. The number of hydrogen-bond donors (Lipinski definition) is 1. The number of piperidine rings is 1. The first-order valence-electron chi connectivity index (χ1n) is 5.73. The number of rotatable bonds is 4. The van der Waals surface area contributed by atoms with E-state index in [0.29, 0.717) is 11.8 Å². The molecule has 2 heterocycles. The van der Waals surface area contributed by atoms with Crippen LogP contribution < -0.4 is 5.32 Å². The van der Waals surface area contributed by atoms with Crippen LogP contribution in [-0.2, 0) is 22.0 Å². The maximum absolute atomic E-state index is 11.1. The van der Waals surface area contributed by atoms with Crippen molar-refractivity contribution in [2.45, 2.75) is 25.0 Å². The highest BCUT2D eigenvalue weighted by atomic mass is 32.2. The van der Waals surface area contributed by atoms with E-state index in [9.17, 15) is 8.42 Å². The number of nitrogens with one attached hydrogen (secondary N) is 1. The molecule has 1 unspecified atom stereocenters. The van der Waals surface area contributed by atoms with Gasteiger partial charge in [0.2, 0.25) is 5.89 Å². The highest BCUT2D eigenvalue weighted by molar-refractivity contribution is 7.89. The minimum atomic E-state index is -3.09. The van der Waals surface area contributed by atoms with Crippen LogP contribution in [0.3, 0.4) is 0 Å². The highest BCUT2D eigenvalue weighted by Crippen LogP contribution is 2.15. The lowest BCUT2D eigenvalue weighted by molar-refractivity contribution is 0.314. The molecule has 1 fully saturated rings. The molecule has 0 aliphatic carbocycles. The maximum atomic E-state index is 11.1. The molecule has 7 heteroatoms. The van der Waals surface area contributed by atoms with E-state index in [1.165, 1.54) is 0 Å². The van der Waals surface area contributed by atoms with Crippen LogP contribution in [0, 0.1) is 5.92 Å². The lowest BCUT2D eigenvalue weighted by atomic mass is 9.96. The molecule has 1 aliphatic heterocycles. The van der Waals surface area contributed by atoms with E-state index in [0.717, 1.165) is 38.6 Å². The minimum Gasteiger partial charge on any atom is -0.339 e. The summed E-state index contributed by atoms with van der Waals surface area (Å²) in [5.74, 6) is 1.15. The summed E-state index contributed by atoms with van der Waals surface area (Å²) in [4.78, 5) is 4.10. The van der Waals surface area contributed by atoms with Crippen molar-refractivity contribution in [1.82, 2.24) is 15.5 Å². The van der Waals surface area contributed by atoms with Crippen LogP contribution in [0.4, 0.5) is 0 Å². The second-order valence-electron chi connectivity index (χ2n) is 4.59. The number of nitrogens with zero attached hydrogens (tertiary/aromatic N) is 2. The van der Waals surface area contributed by atoms with Gasteiger partial charge in [-0.15, -0.1) is 0 Å². The van der Waals surface area contributed by atoms with Crippen molar-refractivity contribution in [2.75, 3.05) is 19.3 Å². The SMILES string of the molecule is CS(=O)(=O)Cc1noc(CC2CCCNC2)n1. The molecule has 0 saturated carbocycles. The quantitative estimate of drug-likeness (QED) is 0.829. The summed E-state index contributed by atoms with van der Waals surface area (Å²) in [6.45, 7) is 2.03. The first-order valence-corrected chi connectivity index (χ1v) is 7.79. The van der Waals surface area contributed by atoms with Gasteiger partial charge in [-0.3, -0.25) is 0 Å². The Bertz CT molecular complexity index is 463. The van der Waals surface area contributed by atoms with Crippen LogP contribution in [0.1, 0.15) is 24.6 Å². The molecule has 0 bridgehead atoms. The van der Waals surface area contributed by atoms with E-state index < -0.39 is 9.84 Å². The fourth-order valence-electron chi connectivity index (χ4n) is 2.01. The van der Waals surface area contributed by atoms with Gasteiger partial charge in [0.05, 0.1) is 0 Å². The zero-order chi connectivity index (χ0) is 12.3. The predicted molar refractivity (Wildman–Crippen MR) is 62.1 cm³/mol. The summed E-state index contributed by atoms with van der Waals surface area (Å²) >= 11 is 0. The van der Waals surface area contributed by atoms with E-state index in [1.54, 1.807) is 0 Å². The van der Waals surface area contributed by atoms with Crippen LogP contribution in [0.25, 0.3) is 0 Å². The number of aromatic nitrogens is 2. The van der Waals surface area contributed by atoms with E-state index in [1.807, 2.05) is 0 Å². The highest BCUT2D eigenvalue weighted by Gasteiger charge is 2.18. The Balaban J connectivity index is 1.93. The summed E-state index contributed by atoms with van der Waals surface area (Å²) in [6.07, 6.45) is 4.20. The summed E-state index contributed by atoms with van der Waals surface area (Å²) < 4.78 is 27.2. The van der Waals surface area contributed by atoms with E-state index in [4.69, 9.17) is 4.52 Å². The van der Waals surface area contributed by atoms with E-state index in [-0.39, 0.29) is 11.6 Å². The second kappa shape index (κ2) is 5.14. The van der Waals surface area contributed by atoms with Crippen LogP contribution in [-0.4, -0.2) is 37.9 Å². The maximum Gasteiger partial charge on any atom is 0.227 e. The molecule has 1 aromatic heterocycles. The van der Waals surface area contributed by atoms with Crippen LogP contribution in [0.15, 0.2) is 4.52 Å². The molecule has 1 aromatic rings. The second-order valence-corrected chi connectivity index (χ2v) is 6.73. The lowest BCUT2D eigenvalue weighted by Gasteiger charge is -2.20. The Kier molecular flexibility index (Phi) is 3.78. The van der Waals surface area contributed by atoms with Gasteiger partial charge in [-0.2, -0.15) is 4.98 Å². The first kappa shape index (κ1) is 12.5.